The van der Waals surface area contributed by atoms with Crippen LogP contribution >= 0.6 is 0 Å². The van der Waals surface area contributed by atoms with E-state index in [2.05, 4.69) is 15.3 Å². The van der Waals surface area contributed by atoms with Crippen molar-refractivity contribution < 1.29 is 4.74 Å². The monoisotopic (exact) mass is 235 g/mol. The number of fused-ring (bicyclic) bond motifs is 1. The summed E-state index contributed by atoms with van der Waals surface area (Å²) in [7, 11) is 0. The van der Waals surface area contributed by atoms with Crippen molar-refractivity contribution in [1.82, 2.24) is 15.3 Å². The molecule has 2 aliphatic rings. The van der Waals surface area contributed by atoms with Gasteiger partial charge in [0, 0.05) is 31.1 Å². The Morgan fingerprint density at radius 2 is 2.18 bits per heavy atom. The topological polar surface area (TPSA) is 67.0 Å². The van der Waals surface area contributed by atoms with Crippen LogP contribution in [-0.2, 0) is 17.6 Å². The molecular weight excluding hydrogens is 218 g/mol. The lowest BCUT2D eigenvalue weighted by molar-refractivity contribution is 0.193. The molecule has 0 bridgehead atoms. The summed E-state index contributed by atoms with van der Waals surface area (Å²) in [6.07, 6.45) is 2.58. The van der Waals surface area contributed by atoms with Gasteiger partial charge < -0.3 is 15.0 Å². The first kappa shape index (κ1) is 10.9. The van der Waals surface area contributed by atoms with E-state index in [0.29, 0.717) is 6.61 Å². The lowest BCUT2D eigenvalue weighted by Crippen LogP contribution is -2.22. The zero-order chi connectivity index (χ0) is 11.7. The maximum atomic E-state index is 12.0. The molecule has 1 saturated heterocycles. The average molecular weight is 235 g/mol. The van der Waals surface area contributed by atoms with E-state index in [0.717, 1.165) is 56.0 Å². The Hall–Kier alpha value is -1.20. The number of nitrogens with one attached hydrogen (secondary N) is 2. The van der Waals surface area contributed by atoms with Crippen molar-refractivity contribution >= 4 is 0 Å². The minimum absolute atomic E-state index is 0.0422. The molecule has 0 amide bonds. The van der Waals surface area contributed by atoms with E-state index in [1.54, 1.807) is 0 Å². The molecule has 1 fully saturated rings. The van der Waals surface area contributed by atoms with Gasteiger partial charge in [0.25, 0.3) is 5.56 Å². The van der Waals surface area contributed by atoms with Crippen LogP contribution in [0.4, 0.5) is 0 Å². The van der Waals surface area contributed by atoms with Crippen LogP contribution in [0, 0.1) is 0 Å². The molecule has 1 aromatic heterocycles. The summed E-state index contributed by atoms with van der Waals surface area (Å²) in [5, 5.41) is 3.29. The van der Waals surface area contributed by atoms with Gasteiger partial charge in [-0.25, -0.2) is 4.98 Å². The second-order valence-corrected chi connectivity index (χ2v) is 4.69. The molecule has 1 aromatic rings. The van der Waals surface area contributed by atoms with Crippen molar-refractivity contribution in [1.29, 1.82) is 0 Å². The van der Waals surface area contributed by atoms with Crippen molar-refractivity contribution in [2.24, 2.45) is 0 Å². The minimum atomic E-state index is 0.0422. The Morgan fingerprint density at radius 1 is 1.29 bits per heavy atom. The van der Waals surface area contributed by atoms with Crippen molar-refractivity contribution in [3.63, 3.8) is 0 Å². The van der Waals surface area contributed by atoms with Gasteiger partial charge in [0.05, 0.1) is 12.3 Å². The molecule has 5 heteroatoms. The van der Waals surface area contributed by atoms with E-state index in [4.69, 9.17) is 4.74 Å². The molecule has 1 atom stereocenters. The van der Waals surface area contributed by atoms with Gasteiger partial charge in [0.1, 0.15) is 5.82 Å². The van der Waals surface area contributed by atoms with Gasteiger partial charge in [-0.05, 0) is 19.4 Å². The van der Waals surface area contributed by atoms with Crippen molar-refractivity contribution in [3.05, 3.63) is 27.4 Å². The molecule has 17 heavy (non-hydrogen) atoms. The van der Waals surface area contributed by atoms with Crippen LogP contribution in [0.2, 0.25) is 0 Å². The van der Waals surface area contributed by atoms with Crippen LogP contribution in [0.5, 0.6) is 0 Å². The van der Waals surface area contributed by atoms with Gasteiger partial charge in [-0.15, -0.1) is 0 Å². The Labute approximate surface area is 99.6 Å². The molecule has 0 aromatic carbocycles. The van der Waals surface area contributed by atoms with E-state index < -0.39 is 0 Å². The SMILES string of the molecule is O=c1[nH]c(C2CCOC2)nc2c1CCNCC2. The van der Waals surface area contributed by atoms with Crippen molar-refractivity contribution in [2.75, 3.05) is 26.3 Å². The number of hydrogen-bond acceptors (Lipinski definition) is 4. The molecule has 2 N–H and O–H groups in total. The minimum Gasteiger partial charge on any atom is -0.381 e. The number of H-pyrrole nitrogens is 1. The van der Waals surface area contributed by atoms with Crippen LogP contribution < -0.4 is 10.9 Å². The van der Waals surface area contributed by atoms with Crippen LogP contribution in [0.15, 0.2) is 4.79 Å². The van der Waals surface area contributed by atoms with E-state index in [1.165, 1.54) is 0 Å². The molecule has 0 saturated carbocycles. The summed E-state index contributed by atoms with van der Waals surface area (Å²) in [6.45, 7) is 3.22. The number of aromatic nitrogens is 2. The van der Waals surface area contributed by atoms with Gasteiger partial charge in [-0.2, -0.15) is 0 Å². The largest absolute Gasteiger partial charge is 0.381 e. The zero-order valence-corrected chi connectivity index (χ0v) is 9.79. The number of hydrogen-bond donors (Lipinski definition) is 2. The summed E-state index contributed by atoms with van der Waals surface area (Å²) < 4.78 is 5.35. The molecular formula is C12H17N3O2. The molecule has 2 aliphatic heterocycles. The first-order chi connectivity index (χ1) is 8.34. The van der Waals surface area contributed by atoms with Crippen LogP contribution in [0.1, 0.15) is 29.4 Å². The molecule has 3 rings (SSSR count). The maximum absolute atomic E-state index is 12.0. The molecule has 5 nitrogen and oxygen atoms in total. The van der Waals surface area contributed by atoms with Crippen molar-refractivity contribution in [3.8, 4) is 0 Å². The normalized spacial score (nSPS) is 24.4. The standard InChI is InChI=1S/C12H17N3O2/c16-12-9-1-4-13-5-2-10(9)14-11(15-12)8-3-6-17-7-8/h8,13H,1-7H2,(H,14,15,16). The molecule has 3 heterocycles. The first-order valence-electron chi connectivity index (χ1n) is 6.25. The molecule has 0 spiro atoms. The van der Waals surface area contributed by atoms with Crippen LogP contribution in [-0.4, -0.2) is 36.3 Å². The Bertz CT molecular complexity index is 463. The van der Waals surface area contributed by atoms with E-state index in [-0.39, 0.29) is 11.5 Å². The third kappa shape index (κ3) is 2.12. The van der Waals surface area contributed by atoms with Gasteiger partial charge in [-0.3, -0.25) is 4.79 Å². The fraction of sp³-hybridized carbons (Fsp3) is 0.667. The maximum Gasteiger partial charge on any atom is 0.254 e. The summed E-state index contributed by atoms with van der Waals surface area (Å²) >= 11 is 0. The Balaban J connectivity index is 1.99. The number of nitrogens with zero attached hydrogens (tertiary/aromatic N) is 1. The lowest BCUT2D eigenvalue weighted by atomic mass is 10.1. The van der Waals surface area contributed by atoms with Gasteiger partial charge in [-0.1, -0.05) is 0 Å². The lowest BCUT2D eigenvalue weighted by Gasteiger charge is -2.10. The summed E-state index contributed by atoms with van der Waals surface area (Å²) in [5.41, 5.74) is 1.87. The molecule has 1 unspecified atom stereocenters. The molecule has 92 valence electrons. The van der Waals surface area contributed by atoms with Crippen molar-refractivity contribution in [2.45, 2.75) is 25.2 Å². The number of ether oxygens (including phenoxy) is 1. The Kier molecular flexibility index (Phi) is 2.94. The highest BCUT2D eigenvalue weighted by Crippen LogP contribution is 2.22. The fourth-order valence-corrected chi connectivity index (χ4v) is 2.52. The van der Waals surface area contributed by atoms with E-state index in [9.17, 15) is 4.79 Å². The Morgan fingerprint density at radius 3 is 3.00 bits per heavy atom. The predicted molar refractivity (Wildman–Crippen MR) is 63.3 cm³/mol. The highest BCUT2D eigenvalue weighted by molar-refractivity contribution is 5.21. The third-order valence-electron chi connectivity index (χ3n) is 3.53. The fourth-order valence-electron chi connectivity index (χ4n) is 2.52. The number of aromatic amines is 1. The third-order valence-corrected chi connectivity index (χ3v) is 3.53. The second kappa shape index (κ2) is 4.58. The quantitative estimate of drug-likeness (QED) is 0.717. The van der Waals surface area contributed by atoms with Gasteiger partial charge in [0.2, 0.25) is 0 Å². The van der Waals surface area contributed by atoms with E-state index >= 15 is 0 Å². The van der Waals surface area contributed by atoms with Gasteiger partial charge in [0.15, 0.2) is 0 Å². The zero-order valence-electron chi connectivity index (χ0n) is 9.79. The summed E-state index contributed by atoms with van der Waals surface area (Å²) in [4.78, 5) is 19.6. The summed E-state index contributed by atoms with van der Waals surface area (Å²) in [5.74, 6) is 1.08. The highest BCUT2D eigenvalue weighted by atomic mass is 16.5. The molecule has 0 radical (unpaired) electrons. The second-order valence-electron chi connectivity index (χ2n) is 4.69. The highest BCUT2D eigenvalue weighted by Gasteiger charge is 2.22. The summed E-state index contributed by atoms with van der Waals surface area (Å²) in [6, 6.07) is 0. The van der Waals surface area contributed by atoms with E-state index in [1.807, 2.05) is 0 Å². The van der Waals surface area contributed by atoms with Crippen LogP contribution in [0.3, 0.4) is 0 Å². The number of rotatable bonds is 1. The smallest absolute Gasteiger partial charge is 0.254 e. The average Bonchev–Trinajstić information content (AvgIpc) is 2.75. The predicted octanol–water partition coefficient (Wildman–Crippen LogP) is -0.0380. The first-order valence-corrected chi connectivity index (χ1v) is 6.25. The van der Waals surface area contributed by atoms with Crippen LogP contribution in [0.25, 0.3) is 0 Å². The van der Waals surface area contributed by atoms with Gasteiger partial charge >= 0.3 is 0 Å². The molecule has 0 aliphatic carbocycles.